The largest absolute Gasteiger partial charge is 0.508 e. The lowest BCUT2D eigenvalue weighted by Gasteiger charge is -2.03. The molecule has 3 N–H and O–H groups in total. The molecule has 0 radical (unpaired) electrons. The Hall–Kier alpha value is -1.09. The molecule has 0 bridgehead atoms. The Morgan fingerprint density at radius 1 is 1.31 bits per heavy atom. The van der Waals surface area contributed by atoms with Crippen molar-refractivity contribution in [3.05, 3.63) is 29.6 Å². The molecule has 0 aliphatic rings. The highest BCUT2D eigenvalue weighted by Crippen LogP contribution is 2.19. The summed E-state index contributed by atoms with van der Waals surface area (Å²) in [6, 6.07) is 4.11. The van der Waals surface area contributed by atoms with Crippen molar-refractivity contribution in [3.8, 4) is 5.75 Å². The van der Waals surface area contributed by atoms with E-state index in [-0.39, 0.29) is 5.75 Å². The van der Waals surface area contributed by atoms with Crippen LogP contribution in [0.2, 0.25) is 0 Å². The third kappa shape index (κ3) is 3.03. The van der Waals surface area contributed by atoms with E-state index in [1.807, 2.05) is 0 Å². The van der Waals surface area contributed by atoms with Crippen LogP contribution in [0.3, 0.4) is 0 Å². The zero-order valence-corrected chi connectivity index (χ0v) is 7.46. The van der Waals surface area contributed by atoms with Gasteiger partial charge in [-0.3, -0.25) is 0 Å². The molecule has 1 rings (SSSR count). The molecule has 0 saturated carbocycles. The number of unbranched alkanes of at least 4 members (excludes halogenated alkanes) is 1. The van der Waals surface area contributed by atoms with Gasteiger partial charge in [0, 0.05) is 6.07 Å². The number of rotatable bonds is 4. The van der Waals surface area contributed by atoms with E-state index in [0.29, 0.717) is 6.54 Å². The minimum Gasteiger partial charge on any atom is -0.508 e. The van der Waals surface area contributed by atoms with E-state index in [1.54, 1.807) is 6.07 Å². The third-order valence-electron chi connectivity index (χ3n) is 1.95. The quantitative estimate of drug-likeness (QED) is 0.699. The van der Waals surface area contributed by atoms with Crippen LogP contribution in [-0.2, 0) is 6.42 Å². The molecule has 3 heteroatoms. The SMILES string of the molecule is NCCCCc1ccc(F)cc1O. The number of phenolic OH excluding ortho intramolecular Hbond substituents is 1. The molecule has 1 aromatic carbocycles. The minimum atomic E-state index is -0.403. The summed E-state index contributed by atoms with van der Waals surface area (Å²) in [5, 5.41) is 9.32. The van der Waals surface area contributed by atoms with E-state index in [0.717, 1.165) is 30.9 Å². The molecule has 72 valence electrons. The lowest BCUT2D eigenvalue weighted by molar-refractivity contribution is 0.460. The zero-order valence-electron chi connectivity index (χ0n) is 7.46. The molecule has 0 unspecified atom stereocenters. The number of benzene rings is 1. The predicted octanol–water partition coefficient (Wildman–Crippen LogP) is 1.81. The van der Waals surface area contributed by atoms with Gasteiger partial charge in [0.15, 0.2) is 0 Å². The Labute approximate surface area is 77.2 Å². The average Bonchev–Trinajstić information content (AvgIpc) is 2.09. The fraction of sp³-hybridized carbons (Fsp3) is 0.400. The van der Waals surface area contributed by atoms with Gasteiger partial charge in [0.2, 0.25) is 0 Å². The smallest absolute Gasteiger partial charge is 0.126 e. The van der Waals surface area contributed by atoms with E-state index in [1.165, 1.54) is 6.07 Å². The average molecular weight is 183 g/mol. The Balaban J connectivity index is 2.56. The van der Waals surface area contributed by atoms with Gasteiger partial charge in [-0.15, -0.1) is 0 Å². The molecule has 0 heterocycles. The first-order valence-electron chi connectivity index (χ1n) is 4.41. The molecule has 0 spiro atoms. The van der Waals surface area contributed by atoms with Crippen molar-refractivity contribution in [1.29, 1.82) is 0 Å². The summed E-state index contributed by atoms with van der Waals surface area (Å²) in [6.07, 6.45) is 2.61. The summed E-state index contributed by atoms with van der Waals surface area (Å²) < 4.78 is 12.6. The van der Waals surface area contributed by atoms with Crippen LogP contribution in [0.15, 0.2) is 18.2 Å². The highest BCUT2D eigenvalue weighted by Gasteiger charge is 2.01. The Morgan fingerprint density at radius 3 is 2.69 bits per heavy atom. The van der Waals surface area contributed by atoms with Gasteiger partial charge < -0.3 is 10.8 Å². The van der Waals surface area contributed by atoms with E-state index in [9.17, 15) is 9.50 Å². The van der Waals surface area contributed by atoms with Crippen molar-refractivity contribution in [2.75, 3.05) is 6.54 Å². The number of aryl methyl sites for hydroxylation is 1. The van der Waals surface area contributed by atoms with E-state index < -0.39 is 5.82 Å². The number of halogens is 1. The van der Waals surface area contributed by atoms with Crippen molar-refractivity contribution >= 4 is 0 Å². The third-order valence-corrected chi connectivity index (χ3v) is 1.95. The van der Waals surface area contributed by atoms with Gasteiger partial charge in [-0.1, -0.05) is 6.07 Å². The number of phenols is 1. The molecule has 1 aromatic rings. The first-order valence-corrected chi connectivity index (χ1v) is 4.41. The van der Waals surface area contributed by atoms with Crippen molar-refractivity contribution in [1.82, 2.24) is 0 Å². The van der Waals surface area contributed by atoms with Crippen LogP contribution < -0.4 is 5.73 Å². The Kier molecular flexibility index (Phi) is 3.71. The summed E-state index contributed by atoms with van der Waals surface area (Å²) >= 11 is 0. The highest BCUT2D eigenvalue weighted by atomic mass is 19.1. The lowest BCUT2D eigenvalue weighted by atomic mass is 10.1. The minimum absolute atomic E-state index is 0.0389. The summed E-state index contributed by atoms with van der Waals surface area (Å²) in [6.45, 7) is 0.655. The van der Waals surface area contributed by atoms with E-state index in [4.69, 9.17) is 5.73 Å². The topological polar surface area (TPSA) is 46.2 Å². The lowest BCUT2D eigenvalue weighted by Crippen LogP contribution is -1.99. The van der Waals surface area contributed by atoms with Crippen molar-refractivity contribution in [2.45, 2.75) is 19.3 Å². The maximum Gasteiger partial charge on any atom is 0.126 e. The molecule has 0 aromatic heterocycles. The van der Waals surface area contributed by atoms with Gasteiger partial charge in [-0.2, -0.15) is 0 Å². The van der Waals surface area contributed by atoms with Gasteiger partial charge in [0.25, 0.3) is 0 Å². The Bertz CT molecular complexity index is 276. The van der Waals surface area contributed by atoms with Crippen LogP contribution in [0, 0.1) is 5.82 Å². The Morgan fingerprint density at radius 2 is 2.08 bits per heavy atom. The zero-order chi connectivity index (χ0) is 9.68. The van der Waals surface area contributed by atoms with Crippen molar-refractivity contribution in [3.63, 3.8) is 0 Å². The number of hydrogen-bond donors (Lipinski definition) is 2. The van der Waals surface area contributed by atoms with Gasteiger partial charge in [0.1, 0.15) is 11.6 Å². The first kappa shape index (κ1) is 9.99. The van der Waals surface area contributed by atoms with Gasteiger partial charge in [-0.05, 0) is 37.4 Å². The fourth-order valence-electron chi connectivity index (χ4n) is 1.21. The molecular weight excluding hydrogens is 169 g/mol. The molecule has 0 aliphatic heterocycles. The van der Waals surface area contributed by atoms with Crippen LogP contribution in [0.4, 0.5) is 4.39 Å². The molecular formula is C10H14FNO. The summed E-state index contributed by atoms with van der Waals surface area (Å²) in [5.74, 6) is -0.364. The second-order valence-corrected chi connectivity index (χ2v) is 3.02. The summed E-state index contributed by atoms with van der Waals surface area (Å²) in [4.78, 5) is 0. The monoisotopic (exact) mass is 183 g/mol. The highest BCUT2D eigenvalue weighted by molar-refractivity contribution is 5.32. The van der Waals surface area contributed by atoms with Crippen molar-refractivity contribution in [2.24, 2.45) is 5.73 Å². The van der Waals surface area contributed by atoms with Gasteiger partial charge in [-0.25, -0.2) is 4.39 Å². The maximum absolute atomic E-state index is 12.6. The number of aromatic hydroxyl groups is 1. The van der Waals surface area contributed by atoms with Crippen LogP contribution in [-0.4, -0.2) is 11.7 Å². The summed E-state index contributed by atoms with van der Waals surface area (Å²) in [5.41, 5.74) is 6.12. The molecule has 0 amide bonds. The summed E-state index contributed by atoms with van der Waals surface area (Å²) in [7, 11) is 0. The molecule has 0 fully saturated rings. The van der Waals surface area contributed by atoms with E-state index in [2.05, 4.69) is 0 Å². The predicted molar refractivity (Wildman–Crippen MR) is 50.1 cm³/mol. The maximum atomic E-state index is 12.6. The fourth-order valence-corrected chi connectivity index (χ4v) is 1.21. The normalized spacial score (nSPS) is 10.3. The van der Waals surface area contributed by atoms with Crippen LogP contribution in [0.25, 0.3) is 0 Å². The van der Waals surface area contributed by atoms with E-state index >= 15 is 0 Å². The van der Waals surface area contributed by atoms with Crippen LogP contribution in [0.5, 0.6) is 5.75 Å². The van der Waals surface area contributed by atoms with Crippen molar-refractivity contribution < 1.29 is 9.50 Å². The molecule has 2 nitrogen and oxygen atoms in total. The number of hydrogen-bond acceptors (Lipinski definition) is 2. The second-order valence-electron chi connectivity index (χ2n) is 3.02. The van der Waals surface area contributed by atoms with Gasteiger partial charge in [0.05, 0.1) is 0 Å². The number of nitrogens with two attached hydrogens (primary N) is 1. The standard InChI is InChI=1S/C10H14FNO/c11-9-5-4-8(10(13)7-9)3-1-2-6-12/h4-5,7,13H,1-3,6,12H2. The van der Waals surface area contributed by atoms with Gasteiger partial charge >= 0.3 is 0 Å². The second kappa shape index (κ2) is 4.82. The molecule has 0 atom stereocenters. The molecule has 0 aliphatic carbocycles. The first-order chi connectivity index (χ1) is 6.24. The molecule has 0 saturated heterocycles. The molecule has 13 heavy (non-hydrogen) atoms. The van der Waals surface area contributed by atoms with Crippen LogP contribution in [0.1, 0.15) is 18.4 Å². The van der Waals surface area contributed by atoms with Crippen LogP contribution >= 0.6 is 0 Å².